The van der Waals surface area contributed by atoms with E-state index >= 15 is 0 Å². The summed E-state index contributed by atoms with van der Waals surface area (Å²) in [5, 5.41) is 0. The van der Waals surface area contributed by atoms with Crippen LogP contribution < -0.4 is 0 Å². The molecular weight excluding hydrogens is 232 g/mol. The molecule has 0 bridgehead atoms. The van der Waals surface area contributed by atoms with E-state index < -0.39 is 0 Å². The molecule has 0 amide bonds. The van der Waals surface area contributed by atoms with Crippen LogP contribution in [0.5, 0.6) is 0 Å². The third-order valence-electron chi connectivity index (χ3n) is 4.14. The van der Waals surface area contributed by atoms with Gasteiger partial charge < -0.3 is 9.80 Å². The summed E-state index contributed by atoms with van der Waals surface area (Å²) in [6.07, 6.45) is 16.2. The van der Waals surface area contributed by atoms with Gasteiger partial charge in [0.15, 0.2) is 0 Å². The third-order valence-corrected chi connectivity index (χ3v) is 4.14. The summed E-state index contributed by atoms with van der Waals surface area (Å²) in [5.74, 6) is 0. The van der Waals surface area contributed by atoms with Crippen molar-refractivity contribution in [1.29, 1.82) is 0 Å². The van der Waals surface area contributed by atoms with Gasteiger partial charge in [0.05, 0.1) is 0 Å². The van der Waals surface area contributed by atoms with E-state index in [0.717, 1.165) is 0 Å². The molecule has 0 aromatic heterocycles. The van der Waals surface area contributed by atoms with E-state index in [1.807, 2.05) is 0 Å². The topological polar surface area (TPSA) is 6.48 Å². The fraction of sp³-hybridized carbons (Fsp3) is 0.882. The molecule has 0 aliphatic carbocycles. The zero-order valence-corrected chi connectivity index (χ0v) is 13.6. The maximum absolute atomic E-state index is 2.53. The van der Waals surface area contributed by atoms with Crippen LogP contribution in [0.1, 0.15) is 79.1 Å². The van der Waals surface area contributed by atoms with Gasteiger partial charge in [-0.3, -0.25) is 0 Å². The first-order valence-electron chi connectivity index (χ1n) is 8.42. The number of rotatable bonds is 10. The normalized spacial score (nSPS) is 18.9. The zero-order chi connectivity index (χ0) is 14.1. The molecule has 112 valence electrons. The molecule has 0 spiro atoms. The van der Waals surface area contributed by atoms with Crippen LogP contribution in [-0.2, 0) is 0 Å². The summed E-state index contributed by atoms with van der Waals surface area (Å²) in [7, 11) is 0. The van der Waals surface area contributed by atoms with Gasteiger partial charge in [0.25, 0.3) is 0 Å². The Kier molecular flexibility index (Phi) is 8.00. The highest BCUT2D eigenvalue weighted by Gasteiger charge is 2.25. The molecule has 0 fully saturated rings. The Bertz CT molecular complexity index is 248. The van der Waals surface area contributed by atoms with Gasteiger partial charge in [0, 0.05) is 25.0 Å². The molecule has 1 heterocycles. The first-order valence-corrected chi connectivity index (χ1v) is 8.42. The number of hydrogen-bond acceptors (Lipinski definition) is 2. The van der Waals surface area contributed by atoms with Gasteiger partial charge in [0.2, 0.25) is 0 Å². The van der Waals surface area contributed by atoms with Crippen molar-refractivity contribution in [3.8, 4) is 0 Å². The van der Waals surface area contributed by atoms with Gasteiger partial charge in [-0.2, -0.15) is 0 Å². The highest BCUT2D eigenvalue weighted by atomic mass is 15.4. The molecule has 0 aromatic carbocycles. The van der Waals surface area contributed by atoms with Crippen molar-refractivity contribution in [2.45, 2.75) is 91.3 Å². The smallest absolute Gasteiger partial charge is 0.101 e. The molecule has 0 radical (unpaired) electrons. The van der Waals surface area contributed by atoms with Crippen LogP contribution in [0.15, 0.2) is 12.4 Å². The Morgan fingerprint density at radius 1 is 0.895 bits per heavy atom. The number of unbranched alkanes of at least 4 members (excludes halogenated alkanes) is 6. The average Bonchev–Trinajstić information content (AvgIpc) is 2.80. The molecule has 2 nitrogen and oxygen atoms in total. The molecule has 19 heavy (non-hydrogen) atoms. The predicted molar refractivity (Wildman–Crippen MR) is 84.9 cm³/mol. The average molecular weight is 266 g/mol. The molecule has 1 rings (SSSR count). The van der Waals surface area contributed by atoms with Gasteiger partial charge >= 0.3 is 0 Å². The fourth-order valence-electron chi connectivity index (χ4n) is 2.97. The minimum absolute atomic E-state index is 0.597. The van der Waals surface area contributed by atoms with E-state index in [9.17, 15) is 0 Å². The van der Waals surface area contributed by atoms with Crippen molar-refractivity contribution >= 4 is 0 Å². The van der Waals surface area contributed by atoms with Gasteiger partial charge in [-0.05, 0) is 26.7 Å². The molecule has 0 N–H and O–H groups in total. The maximum Gasteiger partial charge on any atom is 0.101 e. The van der Waals surface area contributed by atoms with Crippen molar-refractivity contribution in [3.63, 3.8) is 0 Å². The second-order valence-electron chi connectivity index (χ2n) is 6.09. The molecule has 1 aliphatic heterocycles. The number of nitrogens with zero attached hydrogens (tertiary/aromatic N) is 2. The van der Waals surface area contributed by atoms with Crippen LogP contribution in [0.3, 0.4) is 0 Å². The summed E-state index contributed by atoms with van der Waals surface area (Å²) in [4.78, 5) is 5.02. The van der Waals surface area contributed by atoms with Crippen LogP contribution in [0, 0.1) is 0 Å². The zero-order valence-electron chi connectivity index (χ0n) is 13.6. The van der Waals surface area contributed by atoms with Crippen molar-refractivity contribution in [1.82, 2.24) is 9.80 Å². The first-order chi connectivity index (χ1) is 9.20. The van der Waals surface area contributed by atoms with E-state index in [-0.39, 0.29) is 0 Å². The molecule has 1 aliphatic rings. The quantitative estimate of drug-likeness (QED) is 0.515. The largest absolute Gasteiger partial charge is 0.356 e. The van der Waals surface area contributed by atoms with E-state index in [0.29, 0.717) is 12.2 Å². The Labute approximate surface area is 120 Å². The monoisotopic (exact) mass is 266 g/mol. The van der Waals surface area contributed by atoms with Gasteiger partial charge in [0.1, 0.15) is 6.17 Å². The minimum Gasteiger partial charge on any atom is -0.356 e. The molecular formula is C17H34N2. The summed E-state index contributed by atoms with van der Waals surface area (Å²) >= 11 is 0. The van der Waals surface area contributed by atoms with Gasteiger partial charge in [-0.1, -0.05) is 52.4 Å². The molecule has 0 saturated carbocycles. The second-order valence-corrected chi connectivity index (χ2v) is 6.09. The molecule has 2 heteroatoms. The highest BCUT2D eigenvalue weighted by molar-refractivity contribution is 4.97. The van der Waals surface area contributed by atoms with Crippen LogP contribution in [0.2, 0.25) is 0 Å². The van der Waals surface area contributed by atoms with Crippen molar-refractivity contribution in [2.24, 2.45) is 0 Å². The Hall–Kier alpha value is -0.660. The summed E-state index contributed by atoms with van der Waals surface area (Å²) < 4.78 is 0. The van der Waals surface area contributed by atoms with E-state index in [2.05, 4.69) is 49.9 Å². The lowest BCUT2D eigenvalue weighted by molar-refractivity contribution is 0.121. The van der Waals surface area contributed by atoms with Crippen LogP contribution in [0.4, 0.5) is 0 Å². The van der Waals surface area contributed by atoms with Crippen LogP contribution in [-0.4, -0.2) is 28.6 Å². The second kappa shape index (κ2) is 9.28. The maximum atomic E-state index is 2.53. The molecule has 0 aromatic rings. The fourth-order valence-corrected chi connectivity index (χ4v) is 2.97. The molecule has 1 unspecified atom stereocenters. The van der Waals surface area contributed by atoms with E-state index in [1.165, 1.54) is 57.9 Å². The summed E-state index contributed by atoms with van der Waals surface area (Å²) in [5.41, 5.74) is 0. The van der Waals surface area contributed by atoms with E-state index in [4.69, 9.17) is 0 Å². The standard InChI is InChI=1S/C17H34N2/c1-5-7-8-9-10-11-12-13-18-14-15-19(16(3)4)17(18)6-2/h14-17H,5-13H2,1-4H3. The lowest BCUT2D eigenvalue weighted by Crippen LogP contribution is -2.41. The van der Waals surface area contributed by atoms with Crippen molar-refractivity contribution in [2.75, 3.05) is 6.54 Å². The van der Waals surface area contributed by atoms with Crippen molar-refractivity contribution in [3.05, 3.63) is 12.4 Å². The van der Waals surface area contributed by atoms with Crippen LogP contribution in [0.25, 0.3) is 0 Å². The van der Waals surface area contributed by atoms with Crippen LogP contribution >= 0.6 is 0 Å². The minimum atomic E-state index is 0.597. The summed E-state index contributed by atoms with van der Waals surface area (Å²) in [6.45, 7) is 10.4. The van der Waals surface area contributed by atoms with Gasteiger partial charge in [-0.15, -0.1) is 0 Å². The van der Waals surface area contributed by atoms with Gasteiger partial charge in [-0.25, -0.2) is 0 Å². The summed E-state index contributed by atoms with van der Waals surface area (Å²) in [6, 6.07) is 0.611. The number of hydrogen-bond donors (Lipinski definition) is 0. The Morgan fingerprint density at radius 3 is 2.11 bits per heavy atom. The lowest BCUT2D eigenvalue weighted by Gasteiger charge is -2.34. The molecule has 0 saturated heterocycles. The van der Waals surface area contributed by atoms with Crippen molar-refractivity contribution < 1.29 is 0 Å². The lowest BCUT2D eigenvalue weighted by atomic mass is 10.1. The third kappa shape index (κ3) is 5.46. The van der Waals surface area contributed by atoms with E-state index in [1.54, 1.807) is 0 Å². The SMILES string of the molecule is CCCCCCCCCN1C=CN(C(C)C)C1CC. The highest BCUT2D eigenvalue weighted by Crippen LogP contribution is 2.22. The Morgan fingerprint density at radius 2 is 1.53 bits per heavy atom. The molecule has 1 atom stereocenters. The Balaban J connectivity index is 2.14. The predicted octanol–water partition coefficient (Wildman–Crippen LogP) is 4.97. The first kappa shape index (κ1) is 16.4.